The fraction of sp³-hybridized carbons (Fsp3) is 0.100. The number of aromatic nitrogens is 2. The first-order valence-corrected chi connectivity index (χ1v) is 12.0. The number of amides is 1. The van der Waals surface area contributed by atoms with Gasteiger partial charge in [-0.15, -0.1) is 0 Å². The Balaban J connectivity index is 1.45. The Kier molecular flexibility index (Phi) is 6.93. The average Bonchev–Trinajstić information content (AvgIpc) is 3.41. The molecule has 3 aromatic carbocycles. The summed E-state index contributed by atoms with van der Waals surface area (Å²) in [4.78, 5) is 19.9. The van der Waals surface area contributed by atoms with Crippen molar-refractivity contribution in [3.05, 3.63) is 103 Å². The molecule has 7 nitrogen and oxygen atoms in total. The Morgan fingerprint density at radius 3 is 2.59 bits per heavy atom. The van der Waals surface area contributed by atoms with Crippen LogP contribution in [0.25, 0.3) is 33.2 Å². The van der Waals surface area contributed by atoms with Gasteiger partial charge in [-0.1, -0.05) is 30.3 Å². The van der Waals surface area contributed by atoms with Gasteiger partial charge in [0.1, 0.15) is 6.07 Å². The van der Waals surface area contributed by atoms with E-state index in [1.165, 1.54) is 0 Å². The molecule has 0 saturated heterocycles. The van der Waals surface area contributed by atoms with Gasteiger partial charge in [-0.25, -0.2) is 0 Å². The summed E-state index contributed by atoms with van der Waals surface area (Å²) in [5.41, 5.74) is 7.48. The number of pyridine rings is 1. The summed E-state index contributed by atoms with van der Waals surface area (Å²) < 4.78 is 0. The summed E-state index contributed by atoms with van der Waals surface area (Å²) in [7, 11) is 1.85. The molecule has 0 unspecified atom stereocenters. The van der Waals surface area contributed by atoms with Gasteiger partial charge in [0, 0.05) is 59.4 Å². The number of anilines is 2. The van der Waals surface area contributed by atoms with Crippen molar-refractivity contribution in [2.75, 3.05) is 25.5 Å². The second kappa shape index (κ2) is 10.8. The van der Waals surface area contributed by atoms with Crippen LogP contribution in [0.1, 0.15) is 15.9 Å². The first-order chi connectivity index (χ1) is 18.2. The number of aromatic amines is 1. The molecular formula is C30H26N6O. The normalized spacial score (nSPS) is 10.7. The van der Waals surface area contributed by atoms with E-state index >= 15 is 0 Å². The van der Waals surface area contributed by atoms with Gasteiger partial charge in [-0.3, -0.25) is 9.78 Å². The van der Waals surface area contributed by atoms with Gasteiger partial charge < -0.3 is 20.9 Å². The molecule has 182 valence electrons. The number of benzene rings is 3. The molecule has 0 atom stereocenters. The highest BCUT2D eigenvalue weighted by molar-refractivity contribution is 5.95. The minimum atomic E-state index is -0.0940. The zero-order chi connectivity index (χ0) is 25.6. The zero-order valence-electron chi connectivity index (χ0n) is 20.4. The molecule has 0 aliphatic carbocycles. The number of nitrogens with zero attached hydrogens (tertiary/aromatic N) is 2. The topological polar surface area (TPSA) is 106 Å². The van der Waals surface area contributed by atoms with Crippen LogP contribution in [0, 0.1) is 11.3 Å². The van der Waals surface area contributed by atoms with E-state index in [4.69, 9.17) is 0 Å². The molecule has 2 aromatic heterocycles. The molecule has 5 aromatic rings. The number of rotatable bonds is 8. The summed E-state index contributed by atoms with van der Waals surface area (Å²) in [5.74, 6) is -0.0940. The summed E-state index contributed by atoms with van der Waals surface area (Å²) in [6.07, 6.45) is 5.25. The van der Waals surface area contributed by atoms with Crippen LogP contribution in [-0.4, -0.2) is 36.0 Å². The van der Waals surface area contributed by atoms with E-state index in [1.54, 1.807) is 12.4 Å². The van der Waals surface area contributed by atoms with Crippen molar-refractivity contribution in [3.63, 3.8) is 0 Å². The highest BCUT2D eigenvalue weighted by atomic mass is 16.1. The SMILES string of the molecule is CNCCNC(=O)c1ccc(-c2cccc(-c3cncc(C#N)c3Nc3ccc4[nH]ccc4c3)c2)cc1. The Labute approximate surface area is 215 Å². The highest BCUT2D eigenvalue weighted by Gasteiger charge is 2.13. The number of fused-ring (bicyclic) bond motifs is 1. The Morgan fingerprint density at radius 2 is 1.78 bits per heavy atom. The van der Waals surface area contributed by atoms with Crippen molar-refractivity contribution in [2.45, 2.75) is 0 Å². The minimum Gasteiger partial charge on any atom is -0.361 e. The van der Waals surface area contributed by atoms with Gasteiger partial charge in [0.15, 0.2) is 0 Å². The quantitative estimate of drug-likeness (QED) is 0.218. The van der Waals surface area contributed by atoms with E-state index in [0.29, 0.717) is 23.4 Å². The van der Waals surface area contributed by atoms with Gasteiger partial charge in [0.05, 0.1) is 11.3 Å². The second-order valence-corrected chi connectivity index (χ2v) is 8.64. The van der Waals surface area contributed by atoms with Crippen LogP contribution < -0.4 is 16.0 Å². The van der Waals surface area contributed by atoms with Crippen LogP contribution in [-0.2, 0) is 0 Å². The molecule has 4 N–H and O–H groups in total. The third-order valence-corrected chi connectivity index (χ3v) is 6.20. The van der Waals surface area contributed by atoms with E-state index in [2.05, 4.69) is 38.1 Å². The van der Waals surface area contributed by atoms with Gasteiger partial charge in [0.25, 0.3) is 5.91 Å². The van der Waals surface area contributed by atoms with Crippen LogP contribution in [0.3, 0.4) is 0 Å². The number of nitrogens with one attached hydrogen (secondary N) is 4. The number of likely N-dealkylation sites (N-methyl/N-ethyl adjacent to an activating group) is 1. The molecule has 1 amide bonds. The summed E-state index contributed by atoms with van der Waals surface area (Å²) in [6, 6.07) is 26.0. The Bertz CT molecular complexity index is 1600. The predicted molar refractivity (Wildman–Crippen MR) is 148 cm³/mol. The Morgan fingerprint density at radius 1 is 0.946 bits per heavy atom. The average molecular weight is 487 g/mol. The number of H-pyrrole nitrogens is 1. The van der Waals surface area contributed by atoms with E-state index in [9.17, 15) is 10.1 Å². The van der Waals surface area contributed by atoms with E-state index < -0.39 is 0 Å². The lowest BCUT2D eigenvalue weighted by molar-refractivity contribution is 0.0954. The first-order valence-electron chi connectivity index (χ1n) is 12.0. The summed E-state index contributed by atoms with van der Waals surface area (Å²) in [5, 5.41) is 20.2. The molecule has 0 spiro atoms. The number of hydrogen-bond donors (Lipinski definition) is 4. The molecular weight excluding hydrogens is 460 g/mol. The standard InChI is InChI=1S/C30H26N6O/c1-32-13-14-35-30(37)21-7-5-20(6-8-21)22-3-2-4-23(15-22)27-19-33-18-25(17-31)29(27)36-26-9-10-28-24(16-26)11-12-34-28/h2-12,15-16,18-19,32,34H,13-14H2,1H3,(H,33,36)(H,35,37). The van der Waals surface area contributed by atoms with Crippen molar-refractivity contribution < 1.29 is 4.79 Å². The van der Waals surface area contributed by atoms with Crippen LogP contribution >= 0.6 is 0 Å². The smallest absolute Gasteiger partial charge is 0.251 e. The number of carbonyl (C=O) groups is 1. The predicted octanol–water partition coefficient (Wildman–Crippen LogP) is 5.46. The van der Waals surface area contributed by atoms with E-state index in [0.717, 1.165) is 45.4 Å². The maximum atomic E-state index is 12.3. The molecule has 0 aliphatic heterocycles. The second-order valence-electron chi connectivity index (χ2n) is 8.64. The summed E-state index contributed by atoms with van der Waals surface area (Å²) >= 11 is 0. The van der Waals surface area contributed by atoms with Crippen molar-refractivity contribution in [1.82, 2.24) is 20.6 Å². The van der Waals surface area contributed by atoms with Gasteiger partial charge in [-0.2, -0.15) is 5.26 Å². The molecule has 0 radical (unpaired) electrons. The van der Waals surface area contributed by atoms with Gasteiger partial charge >= 0.3 is 0 Å². The molecule has 0 fully saturated rings. The fourth-order valence-electron chi connectivity index (χ4n) is 4.26. The third kappa shape index (κ3) is 5.20. The lowest BCUT2D eigenvalue weighted by Gasteiger charge is -2.15. The van der Waals surface area contributed by atoms with Gasteiger partial charge in [0.2, 0.25) is 0 Å². The molecule has 5 rings (SSSR count). The molecule has 7 heteroatoms. The van der Waals surface area contributed by atoms with Crippen LogP contribution in [0.5, 0.6) is 0 Å². The lowest BCUT2D eigenvalue weighted by atomic mass is 9.97. The Hall–Kier alpha value is -4.93. The summed E-state index contributed by atoms with van der Waals surface area (Å²) in [6.45, 7) is 1.29. The molecule has 37 heavy (non-hydrogen) atoms. The molecule has 0 saturated carbocycles. The number of nitriles is 1. The van der Waals surface area contributed by atoms with Crippen LogP contribution in [0.2, 0.25) is 0 Å². The highest BCUT2D eigenvalue weighted by Crippen LogP contribution is 2.35. The zero-order valence-corrected chi connectivity index (χ0v) is 20.4. The molecule has 0 bridgehead atoms. The number of hydrogen-bond acceptors (Lipinski definition) is 5. The van der Waals surface area contributed by atoms with Crippen molar-refractivity contribution in [1.29, 1.82) is 5.26 Å². The van der Waals surface area contributed by atoms with Crippen LogP contribution in [0.15, 0.2) is 91.4 Å². The van der Waals surface area contributed by atoms with Gasteiger partial charge in [-0.05, 0) is 66.2 Å². The number of carbonyl (C=O) groups excluding carboxylic acids is 1. The van der Waals surface area contributed by atoms with E-state index in [1.807, 2.05) is 80.0 Å². The molecule has 0 aliphatic rings. The lowest BCUT2D eigenvalue weighted by Crippen LogP contribution is -2.30. The largest absolute Gasteiger partial charge is 0.361 e. The van der Waals surface area contributed by atoms with Crippen molar-refractivity contribution in [2.24, 2.45) is 0 Å². The van der Waals surface area contributed by atoms with E-state index in [-0.39, 0.29) is 5.91 Å². The van der Waals surface area contributed by atoms with Crippen molar-refractivity contribution >= 4 is 28.2 Å². The van der Waals surface area contributed by atoms with Crippen LogP contribution in [0.4, 0.5) is 11.4 Å². The fourth-order valence-corrected chi connectivity index (χ4v) is 4.26. The third-order valence-electron chi connectivity index (χ3n) is 6.20. The maximum Gasteiger partial charge on any atom is 0.251 e. The monoisotopic (exact) mass is 486 g/mol. The first kappa shape index (κ1) is 23.8. The minimum absolute atomic E-state index is 0.0940. The van der Waals surface area contributed by atoms with Crippen molar-refractivity contribution in [3.8, 4) is 28.3 Å². The molecule has 2 heterocycles. The maximum absolute atomic E-state index is 12.3.